The molecule has 0 unspecified atom stereocenters. The minimum atomic E-state index is -0.420. The van der Waals surface area contributed by atoms with E-state index < -0.39 is 5.82 Å². The molecule has 0 spiro atoms. The summed E-state index contributed by atoms with van der Waals surface area (Å²) in [5.74, 6) is -0.566. The molecule has 1 atom stereocenters. The Hall–Kier alpha value is -2.08. The van der Waals surface area contributed by atoms with E-state index in [1.54, 1.807) is 6.20 Å². The van der Waals surface area contributed by atoms with E-state index in [0.29, 0.717) is 12.1 Å². The molecule has 1 saturated heterocycles. The van der Waals surface area contributed by atoms with E-state index in [0.717, 1.165) is 37.6 Å². The Balaban J connectivity index is 1.85. The number of hydrogen-bond donors (Lipinski definition) is 1. The number of halogens is 2. The summed E-state index contributed by atoms with van der Waals surface area (Å²) in [4.78, 5) is 10.3. The Bertz CT molecular complexity index is 662. The molecule has 0 radical (unpaired) electrons. The zero-order valence-corrected chi connectivity index (χ0v) is 12.2. The van der Waals surface area contributed by atoms with Crippen molar-refractivity contribution in [2.45, 2.75) is 31.8 Å². The summed E-state index contributed by atoms with van der Waals surface area (Å²) in [7, 11) is 0. The van der Waals surface area contributed by atoms with Crippen molar-refractivity contribution >= 4 is 5.95 Å². The van der Waals surface area contributed by atoms with Crippen molar-refractivity contribution in [3.05, 3.63) is 53.4 Å². The van der Waals surface area contributed by atoms with Gasteiger partial charge in [0.1, 0.15) is 11.6 Å². The van der Waals surface area contributed by atoms with E-state index in [1.807, 2.05) is 6.07 Å². The monoisotopic (exact) mass is 304 g/mol. The fraction of sp³-hybridized carbons (Fsp3) is 0.375. The number of nitrogens with two attached hydrogens (primary N) is 1. The van der Waals surface area contributed by atoms with E-state index in [1.165, 1.54) is 12.1 Å². The van der Waals surface area contributed by atoms with Crippen molar-refractivity contribution in [1.29, 1.82) is 0 Å². The first-order valence-electron chi connectivity index (χ1n) is 7.40. The standard InChI is InChI=1S/C16H18F2N4/c17-12-4-5-13(18)11(9-12)10-22-8-2-1-3-15(22)14-6-7-20-16(19)21-14/h4-7,9,15H,1-3,8,10H2,(H2,19,20,21)/t15-/m1/s1. The van der Waals surface area contributed by atoms with Gasteiger partial charge >= 0.3 is 0 Å². The highest BCUT2D eigenvalue weighted by Gasteiger charge is 2.26. The molecule has 3 rings (SSSR count). The van der Waals surface area contributed by atoms with Crippen LogP contribution >= 0.6 is 0 Å². The quantitative estimate of drug-likeness (QED) is 0.947. The molecule has 0 amide bonds. The van der Waals surface area contributed by atoms with Crippen LogP contribution in [-0.4, -0.2) is 21.4 Å². The van der Waals surface area contributed by atoms with Crippen molar-refractivity contribution in [1.82, 2.24) is 14.9 Å². The SMILES string of the molecule is Nc1nccc([C@H]2CCCCN2Cc2cc(F)ccc2F)n1. The minimum Gasteiger partial charge on any atom is -0.368 e. The summed E-state index contributed by atoms with van der Waals surface area (Å²) in [5, 5.41) is 0. The van der Waals surface area contributed by atoms with E-state index in [4.69, 9.17) is 5.73 Å². The number of benzene rings is 1. The lowest BCUT2D eigenvalue weighted by molar-refractivity contribution is 0.135. The molecule has 22 heavy (non-hydrogen) atoms. The maximum absolute atomic E-state index is 13.9. The van der Waals surface area contributed by atoms with Crippen LogP contribution in [-0.2, 0) is 6.54 Å². The second-order valence-electron chi connectivity index (χ2n) is 5.56. The lowest BCUT2D eigenvalue weighted by Gasteiger charge is -2.35. The fourth-order valence-corrected chi connectivity index (χ4v) is 2.97. The van der Waals surface area contributed by atoms with Gasteiger partial charge in [-0.15, -0.1) is 0 Å². The average molecular weight is 304 g/mol. The van der Waals surface area contributed by atoms with Gasteiger partial charge in [0.05, 0.1) is 11.7 Å². The second kappa shape index (κ2) is 6.36. The summed E-state index contributed by atoms with van der Waals surface area (Å²) in [6.45, 7) is 1.18. The van der Waals surface area contributed by atoms with Crippen LogP contribution < -0.4 is 5.73 Å². The van der Waals surface area contributed by atoms with Crippen LogP contribution in [0.4, 0.5) is 14.7 Å². The Morgan fingerprint density at radius 2 is 2.09 bits per heavy atom. The molecule has 1 aromatic heterocycles. The van der Waals surface area contributed by atoms with E-state index in [9.17, 15) is 8.78 Å². The first-order chi connectivity index (χ1) is 10.6. The third-order valence-electron chi connectivity index (χ3n) is 4.03. The number of nitrogen functional groups attached to an aromatic ring is 1. The van der Waals surface area contributed by atoms with Gasteiger partial charge in [0, 0.05) is 18.3 Å². The summed E-state index contributed by atoms with van der Waals surface area (Å²) >= 11 is 0. The molecular weight excluding hydrogens is 286 g/mol. The van der Waals surface area contributed by atoms with E-state index in [2.05, 4.69) is 14.9 Å². The molecule has 1 aliphatic heterocycles. The topological polar surface area (TPSA) is 55.0 Å². The maximum atomic E-state index is 13.9. The number of piperidine rings is 1. The molecular formula is C16H18F2N4. The van der Waals surface area contributed by atoms with Crippen LogP contribution in [0, 0.1) is 11.6 Å². The molecule has 1 aromatic carbocycles. The Labute approximate surface area is 128 Å². The van der Waals surface area contributed by atoms with Crippen LogP contribution in [0.1, 0.15) is 36.6 Å². The normalized spacial score (nSPS) is 19.3. The van der Waals surface area contributed by atoms with Crippen molar-refractivity contribution in [3.8, 4) is 0 Å². The molecule has 6 heteroatoms. The van der Waals surface area contributed by atoms with Crippen molar-refractivity contribution in [2.24, 2.45) is 0 Å². The first-order valence-corrected chi connectivity index (χ1v) is 7.40. The van der Waals surface area contributed by atoms with Gasteiger partial charge < -0.3 is 5.73 Å². The molecule has 2 aromatic rings. The molecule has 1 aliphatic rings. The van der Waals surface area contributed by atoms with Crippen molar-refractivity contribution in [2.75, 3.05) is 12.3 Å². The van der Waals surface area contributed by atoms with Crippen LogP contribution in [0.25, 0.3) is 0 Å². The van der Waals surface area contributed by atoms with Crippen LogP contribution in [0.5, 0.6) is 0 Å². The first kappa shape index (κ1) is 14.8. The molecule has 0 aliphatic carbocycles. The highest BCUT2D eigenvalue weighted by atomic mass is 19.1. The Kier molecular flexibility index (Phi) is 4.29. The van der Waals surface area contributed by atoms with Gasteiger partial charge in [0.15, 0.2) is 0 Å². The van der Waals surface area contributed by atoms with Crippen LogP contribution in [0.15, 0.2) is 30.5 Å². The number of anilines is 1. The van der Waals surface area contributed by atoms with Gasteiger partial charge in [-0.1, -0.05) is 6.42 Å². The molecule has 4 nitrogen and oxygen atoms in total. The highest BCUT2D eigenvalue weighted by molar-refractivity contribution is 5.22. The van der Waals surface area contributed by atoms with Crippen LogP contribution in [0.2, 0.25) is 0 Å². The zero-order valence-electron chi connectivity index (χ0n) is 12.2. The molecule has 0 saturated carbocycles. The van der Waals surface area contributed by atoms with Crippen molar-refractivity contribution < 1.29 is 8.78 Å². The molecule has 1 fully saturated rings. The predicted octanol–water partition coefficient (Wildman–Crippen LogP) is 3.06. The second-order valence-corrected chi connectivity index (χ2v) is 5.56. The number of rotatable bonds is 3. The number of hydrogen-bond acceptors (Lipinski definition) is 4. The van der Waals surface area contributed by atoms with Gasteiger partial charge in [0.25, 0.3) is 0 Å². The summed E-state index contributed by atoms with van der Waals surface area (Å²) < 4.78 is 27.2. The van der Waals surface area contributed by atoms with Crippen LogP contribution in [0.3, 0.4) is 0 Å². The Morgan fingerprint density at radius 3 is 2.91 bits per heavy atom. The van der Waals surface area contributed by atoms with Gasteiger partial charge in [-0.3, -0.25) is 4.90 Å². The average Bonchev–Trinajstić information content (AvgIpc) is 2.51. The number of nitrogens with zero attached hydrogens (tertiary/aromatic N) is 3. The van der Waals surface area contributed by atoms with E-state index >= 15 is 0 Å². The summed E-state index contributed by atoms with van der Waals surface area (Å²) in [6.07, 6.45) is 4.67. The highest BCUT2D eigenvalue weighted by Crippen LogP contribution is 2.31. The van der Waals surface area contributed by atoms with Gasteiger partial charge in [-0.25, -0.2) is 18.7 Å². The fourth-order valence-electron chi connectivity index (χ4n) is 2.97. The molecule has 0 bridgehead atoms. The maximum Gasteiger partial charge on any atom is 0.220 e. The summed E-state index contributed by atoms with van der Waals surface area (Å²) in [6, 6.07) is 5.46. The molecule has 116 valence electrons. The van der Waals surface area contributed by atoms with E-state index in [-0.39, 0.29) is 17.8 Å². The zero-order chi connectivity index (χ0) is 15.5. The largest absolute Gasteiger partial charge is 0.368 e. The lowest BCUT2D eigenvalue weighted by atomic mass is 9.98. The Morgan fingerprint density at radius 1 is 1.23 bits per heavy atom. The minimum absolute atomic E-state index is 0.0571. The summed E-state index contributed by atoms with van der Waals surface area (Å²) in [5.41, 5.74) is 6.86. The third-order valence-corrected chi connectivity index (χ3v) is 4.03. The molecule has 2 heterocycles. The number of likely N-dealkylation sites (tertiary alicyclic amines) is 1. The van der Waals surface area contributed by atoms with Crippen molar-refractivity contribution in [3.63, 3.8) is 0 Å². The van der Waals surface area contributed by atoms with Gasteiger partial charge in [-0.2, -0.15) is 0 Å². The van der Waals surface area contributed by atoms with Gasteiger partial charge in [-0.05, 0) is 43.7 Å². The molecule has 2 N–H and O–H groups in total. The lowest BCUT2D eigenvalue weighted by Crippen LogP contribution is -2.33. The predicted molar refractivity (Wildman–Crippen MR) is 79.8 cm³/mol. The number of aromatic nitrogens is 2. The van der Waals surface area contributed by atoms with Gasteiger partial charge in [0.2, 0.25) is 5.95 Å². The third kappa shape index (κ3) is 3.22. The smallest absolute Gasteiger partial charge is 0.220 e.